The van der Waals surface area contributed by atoms with Crippen LogP contribution in [0.3, 0.4) is 0 Å². The zero-order valence-electron chi connectivity index (χ0n) is 15.2. The molecule has 2 rings (SSSR count). The molecule has 0 bridgehead atoms. The number of aryl methyl sites for hydroxylation is 1. The standard InChI is InChI=1S/C19H24N2O3S/c1-12-6-8-16(22-3)15(10-12)21-19(25)20-13(2)14-7-9-17(23-4)18(11-14)24-5/h6-11,13H,1-5H3,(H2,20,21,25)/t13-/m0/s1. The van der Waals surface area contributed by atoms with Gasteiger partial charge in [0, 0.05) is 0 Å². The Balaban J connectivity index is 2.09. The van der Waals surface area contributed by atoms with Crippen LogP contribution >= 0.6 is 12.2 Å². The van der Waals surface area contributed by atoms with Crippen LogP contribution in [0.1, 0.15) is 24.1 Å². The maximum atomic E-state index is 5.44. The SMILES string of the molecule is COc1ccc(C)cc1NC(=S)N[C@@H](C)c1ccc(OC)c(OC)c1. The van der Waals surface area contributed by atoms with Crippen molar-refractivity contribution in [2.24, 2.45) is 0 Å². The Kier molecular flexibility index (Phi) is 6.47. The predicted molar refractivity (Wildman–Crippen MR) is 105 cm³/mol. The van der Waals surface area contributed by atoms with E-state index in [0.29, 0.717) is 16.6 Å². The van der Waals surface area contributed by atoms with Crippen molar-refractivity contribution in [2.45, 2.75) is 19.9 Å². The molecule has 0 aromatic heterocycles. The van der Waals surface area contributed by atoms with E-state index in [1.807, 2.05) is 50.2 Å². The summed E-state index contributed by atoms with van der Waals surface area (Å²) in [5.74, 6) is 2.13. The quantitative estimate of drug-likeness (QED) is 0.758. The van der Waals surface area contributed by atoms with Crippen molar-refractivity contribution in [1.29, 1.82) is 0 Å². The highest BCUT2D eigenvalue weighted by Crippen LogP contribution is 2.30. The molecule has 0 spiro atoms. The molecular formula is C19H24N2O3S. The van der Waals surface area contributed by atoms with Gasteiger partial charge in [-0.1, -0.05) is 12.1 Å². The maximum absolute atomic E-state index is 5.44. The fourth-order valence-corrected chi connectivity index (χ4v) is 2.77. The first-order valence-electron chi connectivity index (χ1n) is 7.92. The molecule has 2 aromatic rings. The van der Waals surface area contributed by atoms with Gasteiger partial charge in [-0.05, 0) is 61.5 Å². The van der Waals surface area contributed by atoms with Gasteiger partial charge in [0.15, 0.2) is 16.6 Å². The fraction of sp³-hybridized carbons (Fsp3) is 0.316. The van der Waals surface area contributed by atoms with Crippen molar-refractivity contribution >= 4 is 23.0 Å². The molecule has 0 heterocycles. The molecule has 0 saturated carbocycles. The van der Waals surface area contributed by atoms with Crippen LogP contribution < -0.4 is 24.8 Å². The molecule has 0 fully saturated rings. The van der Waals surface area contributed by atoms with Crippen LogP contribution in [-0.4, -0.2) is 26.4 Å². The second kappa shape index (κ2) is 8.58. The van der Waals surface area contributed by atoms with E-state index in [4.69, 9.17) is 26.4 Å². The first-order chi connectivity index (χ1) is 12.0. The third kappa shape index (κ3) is 4.76. The average molecular weight is 360 g/mol. The Bertz CT molecular complexity index is 749. The summed E-state index contributed by atoms with van der Waals surface area (Å²) in [5, 5.41) is 6.99. The summed E-state index contributed by atoms with van der Waals surface area (Å²) in [6.07, 6.45) is 0. The lowest BCUT2D eigenvalue weighted by atomic mass is 10.1. The summed E-state index contributed by atoms with van der Waals surface area (Å²) in [4.78, 5) is 0. The van der Waals surface area contributed by atoms with Gasteiger partial charge in [0.05, 0.1) is 33.1 Å². The van der Waals surface area contributed by atoms with Gasteiger partial charge in [0.2, 0.25) is 0 Å². The Morgan fingerprint density at radius 2 is 1.56 bits per heavy atom. The van der Waals surface area contributed by atoms with Crippen molar-refractivity contribution in [2.75, 3.05) is 26.6 Å². The summed E-state index contributed by atoms with van der Waals surface area (Å²) < 4.78 is 16.0. The van der Waals surface area contributed by atoms with Gasteiger partial charge in [-0.2, -0.15) is 0 Å². The first kappa shape index (κ1) is 18.9. The highest BCUT2D eigenvalue weighted by molar-refractivity contribution is 7.80. The topological polar surface area (TPSA) is 51.8 Å². The summed E-state index contributed by atoms with van der Waals surface area (Å²) in [5.41, 5.74) is 3.00. The Morgan fingerprint density at radius 3 is 2.20 bits per heavy atom. The van der Waals surface area contributed by atoms with Gasteiger partial charge in [0.1, 0.15) is 5.75 Å². The van der Waals surface area contributed by atoms with Gasteiger partial charge >= 0.3 is 0 Å². The van der Waals surface area contributed by atoms with Gasteiger partial charge in [-0.3, -0.25) is 0 Å². The van der Waals surface area contributed by atoms with Crippen LogP contribution in [0.4, 0.5) is 5.69 Å². The normalized spacial score (nSPS) is 11.4. The van der Waals surface area contributed by atoms with E-state index in [2.05, 4.69) is 10.6 Å². The van der Waals surface area contributed by atoms with Crippen molar-refractivity contribution in [3.8, 4) is 17.2 Å². The molecule has 0 unspecified atom stereocenters. The molecule has 134 valence electrons. The lowest BCUT2D eigenvalue weighted by Gasteiger charge is -2.19. The van der Waals surface area contributed by atoms with E-state index < -0.39 is 0 Å². The Hall–Kier alpha value is -2.47. The zero-order chi connectivity index (χ0) is 18.4. The number of anilines is 1. The molecule has 5 nitrogen and oxygen atoms in total. The van der Waals surface area contributed by atoms with E-state index in [1.54, 1.807) is 21.3 Å². The van der Waals surface area contributed by atoms with Crippen molar-refractivity contribution in [3.63, 3.8) is 0 Å². The predicted octanol–water partition coefficient (Wildman–Crippen LogP) is 4.07. The fourth-order valence-electron chi connectivity index (χ4n) is 2.48. The van der Waals surface area contributed by atoms with Gasteiger partial charge in [-0.25, -0.2) is 0 Å². The van der Waals surface area contributed by atoms with Crippen LogP contribution in [0.15, 0.2) is 36.4 Å². The molecule has 0 aliphatic heterocycles. The van der Waals surface area contributed by atoms with Crippen LogP contribution in [0.2, 0.25) is 0 Å². The molecule has 0 amide bonds. The molecule has 0 aliphatic carbocycles. The lowest BCUT2D eigenvalue weighted by molar-refractivity contribution is 0.354. The number of hydrogen-bond donors (Lipinski definition) is 2. The third-order valence-electron chi connectivity index (χ3n) is 3.86. The number of nitrogens with one attached hydrogen (secondary N) is 2. The third-order valence-corrected chi connectivity index (χ3v) is 4.08. The Morgan fingerprint density at radius 1 is 0.920 bits per heavy atom. The molecule has 2 aromatic carbocycles. The molecule has 0 aliphatic rings. The second-order valence-electron chi connectivity index (χ2n) is 5.64. The molecule has 6 heteroatoms. The molecular weight excluding hydrogens is 336 g/mol. The van der Waals surface area contributed by atoms with Crippen LogP contribution in [-0.2, 0) is 0 Å². The average Bonchev–Trinajstić information content (AvgIpc) is 2.61. The van der Waals surface area contributed by atoms with Gasteiger partial charge in [0.25, 0.3) is 0 Å². The minimum Gasteiger partial charge on any atom is -0.495 e. The number of benzene rings is 2. The smallest absolute Gasteiger partial charge is 0.171 e. The lowest BCUT2D eigenvalue weighted by Crippen LogP contribution is -2.31. The van der Waals surface area contributed by atoms with E-state index >= 15 is 0 Å². The minimum absolute atomic E-state index is 0.00406. The molecule has 2 N–H and O–H groups in total. The number of ether oxygens (including phenoxy) is 3. The number of thiocarbonyl (C=S) groups is 1. The molecule has 0 radical (unpaired) electrons. The second-order valence-corrected chi connectivity index (χ2v) is 6.05. The summed E-state index contributed by atoms with van der Waals surface area (Å²) in [6.45, 7) is 4.05. The highest BCUT2D eigenvalue weighted by Gasteiger charge is 2.12. The number of hydrogen-bond acceptors (Lipinski definition) is 4. The van der Waals surface area contributed by atoms with Crippen LogP contribution in [0.25, 0.3) is 0 Å². The van der Waals surface area contributed by atoms with Gasteiger partial charge < -0.3 is 24.8 Å². The van der Waals surface area contributed by atoms with E-state index in [0.717, 1.165) is 22.6 Å². The van der Waals surface area contributed by atoms with E-state index in [-0.39, 0.29) is 6.04 Å². The minimum atomic E-state index is -0.00406. The molecule has 1 atom stereocenters. The van der Waals surface area contributed by atoms with Gasteiger partial charge in [-0.15, -0.1) is 0 Å². The first-order valence-corrected chi connectivity index (χ1v) is 8.33. The number of rotatable bonds is 6. The highest BCUT2D eigenvalue weighted by atomic mass is 32.1. The van der Waals surface area contributed by atoms with Crippen molar-refractivity contribution < 1.29 is 14.2 Å². The van der Waals surface area contributed by atoms with E-state index in [9.17, 15) is 0 Å². The van der Waals surface area contributed by atoms with Crippen LogP contribution in [0, 0.1) is 6.92 Å². The zero-order valence-corrected chi connectivity index (χ0v) is 16.0. The Labute approximate surface area is 154 Å². The summed E-state index contributed by atoms with van der Waals surface area (Å²) in [7, 11) is 4.88. The molecule has 25 heavy (non-hydrogen) atoms. The largest absolute Gasteiger partial charge is 0.495 e. The monoisotopic (exact) mass is 360 g/mol. The summed E-state index contributed by atoms with van der Waals surface area (Å²) in [6, 6.07) is 11.7. The summed E-state index contributed by atoms with van der Waals surface area (Å²) >= 11 is 5.44. The molecule has 0 saturated heterocycles. The maximum Gasteiger partial charge on any atom is 0.171 e. The van der Waals surface area contributed by atoms with Crippen LogP contribution in [0.5, 0.6) is 17.2 Å². The van der Waals surface area contributed by atoms with Crippen molar-refractivity contribution in [3.05, 3.63) is 47.5 Å². The van der Waals surface area contributed by atoms with Crippen molar-refractivity contribution in [1.82, 2.24) is 5.32 Å². The number of methoxy groups -OCH3 is 3. The van der Waals surface area contributed by atoms with E-state index in [1.165, 1.54) is 0 Å².